The van der Waals surface area contributed by atoms with Gasteiger partial charge in [0.05, 0.1) is 11.9 Å². The van der Waals surface area contributed by atoms with Crippen LogP contribution >= 0.6 is 0 Å². The monoisotopic (exact) mass is 339 g/mol. The van der Waals surface area contributed by atoms with Gasteiger partial charge in [0.15, 0.2) is 0 Å². The van der Waals surface area contributed by atoms with Crippen LogP contribution in [0.25, 0.3) is 0 Å². The van der Waals surface area contributed by atoms with Crippen molar-refractivity contribution in [2.45, 2.75) is 51.6 Å². The summed E-state index contributed by atoms with van der Waals surface area (Å²) in [5, 5.41) is 6.74. The molecule has 2 heterocycles. The highest BCUT2D eigenvalue weighted by Gasteiger charge is 2.27. The fraction of sp³-hybridized carbons (Fsp3) is 0.733. The number of nitrogens with one attached hydrogen (secondary N) is 2. The average Bonchev–Trinajstić information content (AvgIpc) is 3.22. The largest absolute Gasteiger partial charge is 0.367 e. The van der Waals surface area contributed by atoms with Crippen molar-refractivity contribution in [2.24, 2.45) is 0 Å². The van der Waals surface area contributed by atoms with E-state index in [0.29, 0.717) is 37.9 Å². The molecule has 128 valence electrons. The van der Waals surface area contributed by atoms with Crippen molar-refractivity contribution < 1.29 is 8.42 Å². The zero-order valence-corrected chi connectivity index (χ0v) is 14.8. The number of hydrogen-bond donors (Lipinski definition) is 2. The lowest BCUT2D eigenvalue weighted by molar-refractivity contribution is 0.430. The molecule has 0 bridgehead atoms. The van der Waals surface area contributed by atoms with Crippen molar-refractivity contribution in [3.63, 3.8) is 0 Å². The van der Waals surface area contributed by atoms with Crippen molar-refractivity contribution in [3.05, 3.63) is 11.3 Å². The van der Waals surface area contributed by atoms with E-state index in [4.69, 9.17) is 0 Å². The van der Waals surface area contributed by atoms with Gasteiger partial charge >= 0.3 is 0 Å². The van der Waals surface area contributed by atoms with E-state index < -0.39 is 10.0 Å². The number of rotatable bonds is 5. The normalized spacial score (nSPS) is 19.3. The van der Waals surface area contributed by atoms with Crippen LogP contribution < -0.4 is 10.6 Å². The van der Waals surface area contributed by atoms with Gasteiger partial charge in [-0.25, -0.2) is 17.7 Å². The Balaban J connectivity index is 1.91. The van der Waals surface area contributed by atoms with Gasteiger partial charge in [0, 0.05) is 37.2 Å². The molecule has 0 spiro atoms. The van der Waals surface area contributed by atoms with Gasteiger partial charge in [0.2, 0.25) is 16.0 Å². The van der Waals surface area contributed by atoms with Crippen LogP contribution in [0.3, 0.4) is 0 Å². The summed E-state index contributed by atoms with van der Waals surface area (Å²) in [5.41, 5.74) is 2.02. The van der Waals surface area contributed by atoms with Gasteiger partial charge in [0.1, 0.15) is 5.82 Å². The first-order valence-corrected chi connectivity index (χ1v) is 10.1. The molecule has 3 rings (SSSR count). The van der Waals surface area contributed by atoms with Crippen LogP contribution in [0.4, 0.5) is 11.8 Å². The summed E-state index contributed by atoms with van der Waals surface area (Å²) in [4.78, 5) is 9.27. The van der Waals surface area contributed by atoms with Crippen molar-refractivity contribution in [1.29, 1.82) is 0 Å². The fourth-order valence-corrected chi connectivity index (χ4v) is 3.62. The molecule has 0 aromatic carbocycles. The predicted octanol–water partition coefficient (Wildman–Crippen LogP) is 1.23. The summed E-state index contributed by atoms with van der Waals surface area (Å²) in [6.07, 6.45) is 4.88. The Morgan fingerprint density at radius 1 is 1.17 bits per heavy atom. The number of hydrogen-bond acceptors (Lipinski definition) is 6. The molecular weight excluding hydrogens is 314 g/mol. The molecule has 1 fully saturated rings. The molecule has 0 radical (unpaired) electrons. The first-order chi connectivity index (χ1) is 10.8. The minimum atomic E-state index is -3.17. The van der Waals surface area contributed by atoms with E-state index in [1.54, 1.807) is 0 Å². The molecule has 2 aliphatic rings. The Kier molecular flexibility index (Phi) is 4.46. The Morgan fingerprint density at radius 3 is 2.48 bits per heavy atom. The lowest BCUT2D eigenvalue weighted by atomic mass is 10.1. The van der Waals surface area contributed by atoms with Crippen LogP contribution in [0.5, 0.6) is 0 Å². The summed E-state index contributed by atoms with van der Waals surface area (Å²) in [7, 11) is -3.17. The Morgan fingerprint density at radius 2 is 1.87 bits per heavy atom. The minimum Gasteiger partial charge on any atom is -0.367 e. The molecule has 1 saturated carbocycles. The number of anilines is 2. The van der Waals surface area contributed by atoms with E-state index in [1.165, 1.54) is 23.4 Å². The molecule has 23 heavy (non-hydrogen) atoms. The third-order valence-corrected chi connectivity index (χ3v) is 5.41. The Bertz CT molecular complexity index is 685. The van der Waals surface area contributed by atoms with E-state index >= 15 is 0 Å². The highest BCUT2D eigenvalue weighted by Crippen LogP contribution is 2.29. The quantitative estimate of drug-likeness (QED) is 0.839. The molecular formula is C15H25N5O2S. The average molecular weight is 339 g/mol. The minimum absolute atomic E-state index is 0.250. The standard InChI is InChI=1S/C15H25N5O2S/c1-10(2)16-15-18-13-7-9-20(23(3,21)22)8-6-12(13)14(19-15)17-11-4-5-11/h10-11H,4-9H2,1-3H3,(H2,16,17,18,19). The smallest absolute Gasteiger partial charge is 0.225 e. The number of fused-ring (bicyclic) bond motifs is 1. The second-order valence-electron chi connectivity index (χ2n) is 6.70. The van der Waals surface area contributed by atoms with Crippen molar-refractivity contribution in [2.75, 3.05) is 30.0 Å². The van der Waals surface area contributed by atoms with Crippen molar-refractivity contribution >= 4 is 21.8 Å². The molecule has 0 amide bonds. The molecule has 0 unspecified atom stereocenters. The summed E-state index contributed by atoms with van der Waals surface area (Å²) in [6.45, 7) is 5.07. The van der Waals surface area contributed by atoms with Gasteiger partial charge in [-0.2, -0.15) is 4.98 Å². The molecule has 7 nitrogen and oxygen atoms in total. The molecule has 2 N–H and O–H groups in total. The van der Waals surface area contributed by atoms with E-state index in [9.17, 15) is 8.42 Å². The first kappa shape index (κ1) is 16.4. The van der Waals surface area contributed by atoms with Crippen molar-refractivity contribution in [3.8, 4) is 0 Å². The second kappa shape index (κ2) is 6.24. The molecule has 1 aliphatic heterocycles. The lowest BCUT2D eigenvalue weighted by Crippen LogP contribution is -2.32. The molecule has 0 saturated heterocycles. The number of sulfonamides is 1. The van der Waals surface area contributed by atoms with Crippen LogP contribution in [0, 0.1) is 0 Å². The topological polar surface area (TPSA) is 87.2 Å². The number of nitrogens with zero attached hydrogens (tertiary/aromatic N) is 3. The van der Waals surface area contributed by atoms with Gasteiger partial charge in [-0.1, -0.05) is 0 Å². The van der Waals surface area contributed by atoms with Gasteiger partial charge in [-0.05, 0) is 33.1 Å². The molecule has 1 aliphatic carbocycles. The predicted molar refractivity (Wildman–Crippen MR) is 91.3 cm³/mol. The maximum absolute atomic E-state index is 11.8. The van der Waals surface area contributed by atoms with Crippen LogP contribution in [-0.4, -0.2) is 54.1 Å². The SMILES string of the molecule is CC(C)Nc1nc2c(c(NC3CC3)n1)CCN(S(C)(=O)=O)CC2. The van der Waals surface area contributed by atoms with Crippen molar-refractivity contribution in [1.82, 2.24) is 14.3 Å². The van der Waals surface area contributed by atoms with Gasteiger partial charge in [0.25, 0.3) is 0 Å². The maximum Gasteiger partial charge on any atom is 0.225 e. The highest BCUT2D eigenvalue weighted by atomic mass is 32.2. The zero-order valence-electron chi connectivity index (χ0n) is 14.0. The highest BCUT2D eigenvalue weighted by molar-refractivity contribution is 7.88. The third kappa shape index (κ3) is 4.11. The van der Waals surface area contributed by atoms with Gasteiger partial charge in [-0.15, -0.1) is 0 Å². The second-order valence-corrected chi connectivity index (χ2v) is 8.68. The maximum atomic E-state index is 11.8. The van der Waals surface area contributed by atoms with Crippen LogP contribution in [0.15, 0.2) is 0 Å². The molecule has 1 aromatic heterocycles. The van der Waals surface area contributed by atoms with Crippen LogP contribution in [-0.2, 0) is 22.9 Å². The number of aromatic nitrogens is 2. The van der Waals surface area contributed by atoms with E-state index in [-0.39, 0.29) is 6.04 Å². The van der Waals surface area contributed by atoms with Gasteiger partial charge < -0.3 is 10.6 Å². The molecule has 8 heteroatoms. The zero-order chi connectivity index (χ0) is 16.6. The van der Waals surface area contributed by atoms with Gasteiger partial charge in [-0.3, -0.25) is 0 Å². The van der Waals surface area contributed by atoms with E-state index in [1.807, 2.05) is 0 Å². The fourth-order valence-electron chi connectivity index (χ4n) is 2.77. The van der Waals surface area contributed by atoms with E-state index in [2.05, 4.69) is 34.4 Å². The third-order valence-electron chi connectivity index (χ3n) is 4.11. The molecule has 1 aromatic rings. The Hall–Kier alpha value is -1.41. The molecule has 0 atom stereocenters. The summed E-state index contributed by atoms with van der Waals surface area (Å²) >= 11 is 0. The lowest BCUT2D eigenvalue weighted by Gasteiger charge is -2.16. The van der Waals surface area contributed by atoms with Crippen LogP contribution in [0.1, 0.15) is 37.9 Å². The van der Waals surface area contributed by atoms with E-state index in [0.717, 1.165) is 17.1 Å². The summed E-state index contributed by atoms with van der Waals surface area (Å²) in [6, 6.07) is 0.746. The summed E-state index contributed by atoms with van der Waals surface area (Å²) < 4.78 is 25.2. The Labute approximate surface area is 137 Å². The first-order valence-electron chi connectivity index (χ1n) is 8.21. The van der Waals surface area contributed by atoms with Crippen LogP contribution in [0.2, 0.25) is 0 Å². The summed E-state index contributed by atoms with van der Waals surface area (Å²) in [5.74, 6) is 1.49.